The first-order valence-electron chi connectivity index (χ1n) is 2.41. The van der Waals surface area contributed by atoms with Crippen LogP contribution in [0.4, 0.5) is 0 Å². The summed E-state index contributed by atoms with van der Waals surface area (Å²) in [5.74, 6) is -2.29. The first kappa shape index (κ1) is 15.3. The molecule has 0 bridgehead atoms. The van der Waals surface area contributed by atoms with E-state index in [2.05, 4.69) is 0 Å². The molecule has 12 heavy (non-hydrogen) atoms. The van der Waals surface area contributed by atoms with Gasteiger partial charge >= 0.3 is 15.2 Å². The van der Waals surface area contributed by atoms with Gasteiger partial charge in [-0.1, -0.05) is 0 Å². The molecule has 5 N–H and O–H groups in total. The van der Waals surface area contributed by atoms with Gasteiger partial charge in [0.1, 0.15) is 0 Å². The lowest BCUT2D eigenvalue weighted by atomic mass is 10.9. The second kappa shape index (κ2) is 4.87. The molecule has 0 aromatic carbocycles. The van der Waals surface area contributed by atoms with E-state index < -0.39 is 27.2 Å². The molecule has 0 amide bonds. The molecule has 0 aliphatic rings. The van der Waals surface area contributed by atoms with E-state index >= 15 is 0 Å². The van der Waals surface area contributed by atoms with E-state index in [-0.39, 0.29) is 17.4 Å². The Morgan fingerprint density at radius 2 is 1.42 bits per heavy atom. The highest BCUT2D eigenvalue weighted by molar-refractivity contribution is 7.56. The van der Waals surface area contributed by atoms with E-state index in [4.69, 9.17) is 24.7 Å². The largest absolute Gasteiger partial charge is 0.380 e. The molecule has 0 radical (unpaired) electrons. The number of aliphatic hydroxyl groups is 1. The maximum absolute atomic E-state index is 10.1. The van der Waals surface area contributed by atoms with Crippen molar-refractivity contribution in [3.63, 3.8) is 0 Å². The summed E-state index contributed by atoms with van der Waals surface area (Å²) in [6.07, 6.45) is -1.22. The van der Waals surface area contributed by atoms with Gasteiger partial charge in [0.05, 0.1) is 6.16 Å². The fourth-order valence-electron chi connectivity index (χ4n) is 0.319. The van der Waals surface area contributed by atoms with Crippen LogP contribution in [0.1, 0.15) is 0 Å². The molecule has 1 atom stereocenters. The highest BCUT2D eigenvalue weighted by atomic mass is 31.2. The van der Waals surface area contributed by atoms with Crippen molar-refractivity contribution in [1.29, 1.82) is 0 Å². The Balaban J connectivity index is 0. The summed E-state index contributed by atoms with van der Waals surface area (Å²) in [5.41, 5.74) is 0. The van der Waals surface area contributed by atoms with Crippen LogP contribution < -0.4 is 0 Å². The van der Waals surface area contributed by atoms with Crippen LogP contribution in [0.2, 0.25) is 0 Å². The zero-order valence-electron chi connectivity index (χ0n) is 5.23. The normalized spacial score (nSPS) is 15.1. The fourth-order valence-corrected chi connectivity index (χ4v) is 2.23. The monoisotopic (exact) mass is 236 g/mol. The van der Waals surface area contributed by atoms with Crippen molar-refractivity contribution in [3.05, 3.63) is 0 Å². The maximum Gasteiger partial charge on any atom is 0.354 e. The molecular formula is C2H11AlO7P2. The highest BCUT2D eigenvalue weighted by Crippen LogP contribution is 2.47. The minimum atomic E-state index is -4.79. The average molecular weight is 236 g/mol. The Hall–Kier alpha value is 0.792. The zero-order valence-corrected chi connectivity index (χ0v) is 7.02. The van der Waals surface area contributed by atoms with Crippen LogP contribution in [0.5, 0.6) is 0 Å². The van der Waals surface area contributed by atoms with E-state index in [1.165, 1.54) is 0 Å². The Morgan fingerprint density at radius 3 is 1.50 bits per heavy atom. The Morgan fingerprint density at radius 1 is 1.08 bits per heavy atom. The molecular weight excluding hydrogens is 225 g/mol. The van der Waals surface area contributed by atoms with Crippen LogP contribution >= 0.6 is 15.2 Å². The molecule has 0 aromatic heterocycles. The van der Waals surface area contributed by atoms with Gasteiger partial charge in [0, 0.05) is 0 Å². The van der Waals surface area contributed by atoms with E-state index in [1.807, 2.05) is 0 Å². The minimum absolute atomic E-state index is 0. The molecule has 0 saturated heterocycles. The Labute approximate surface area is 78.9 Å². The standard InChI is InChI=1S/C2H8O7P2.Al.3H/c3-2(11(7,8)9)1-10(4,5)6;;;;/h2-3H,1H2,(H2,4,5,6)(H2,7,8,9);;;;. The maximum atomic E-state index is 10.1. The van der Waals surface area contributed by atoms with Crippen LogP contribution in [0.15, 0.2) is 0 Å². The molecule has 0 fully saturated rings. The Kier molecular flexibility index (Phi) is 6.20. The summed E-state index contributed by atoms with van der Waals surface area (Å²) < 4.78 is 20.2. The lowest BCUT2D eigenvalue weighted by Gasteiger charge is -2.12. The van der Waals surface area contributed by atoms with Gasteiger partial charge in [-0.05, 0) is 0 Å². The van der Waals surface area contributed by atoms with Crippen molar-refractivity contribution in [2.45, 2.75) is 5.85 Å². The van der Waals surface area contributed by atoms with Gasteiger partial charge < -0.3 is 24.7 Å². The molecule has 0 aliphatic heterocycles. The van der Waals surface area contributed by atoms with Crippen molar-refractivity contribution >= 4 is 32.6 Å². The van der Waals surface area contributed by atoms with Crippen molar-refractivity contribution < 1.29 is 33.8 Å². The second-order valence-corrected chi connectivity index (χ2v) is 5.39. The number of aliphatic hydroxyl groups excluding tert-OH is 1. The van der Waals surface area contributed by atoms with E-state index in [1.54, 1.807) is 0 Å². The van der Waals surface area contributed by atoms with Gasteiger partial charge in [-0.3, -0.25) is 9.13 Å². The molecule has 0 saturated carbocycles. The summed E-state index contributed by atoms with van der Waals surface area (Å²) in [4.78, 5) is 32.7. The van der Waals surface area contributed by atoms with E-state index in [0.29, 0.717) is 0 Å². The van der Waals surface area contributed by atoms with Crippen molar-refractivity contribution in [3.8, 4) is 0 Å². The van der Waals surface area contributed by atoms with Gasteiger partial charge in [0.15, 0.2) is 23.2 Å². The first-order chi connectivity index (χ1) is 4.63. The van der Waals surface area contributed by atoms with Crippen molar-refractivity contribution in [2.24, 2.45) is 0 Å². The van der Waals surface area contributed by atoms with Crippen LogP contribution in [0, 0.1) is 0 Å². The predicted molar refractivity (Wildman–Crippen MR) is 44.9 cm³/mol. The zero-order chi connectivity index (χ0) is 9.28. The Bertz CT molecular complexity index is 215. The molecule has 7 nitrogen and oxygen atoms in total. The summed E-state index contributed by atoms with van der Waals surface area (Å²) in [6.45, 7) is 0. The van der Waals surface area contributed by atoms with Crippen LogP contribution in [0.3, 0.4) is 0 Å². The van der Waals surface area contributed by atoms with Crippen molar-refractivity contribution in [2.75, 3.05) is 6.16 Å². The first-order valence-corrected chi connectivity index (χ1v) is 5.89. The van der Waals surface area contributed by atoms with E-state index in [9.17, 15) is 9.13 Å². The fraction of sp³-hybridized carbons (Fsp3) is 1.00. The molecule has 74 valence electrons. The number of rotatable bonds is 3. The van der Waals surface area contributed by atoms with Gasteiger partial charge in [-0.15, -0.1) is 0 Å². The number of hydrogen-bond acceptors (Lipinski definition) is 3. The topological polar surface area (TPSA) is 135 Å². The molecule has 0 aromatic rings. The molecule has 0 rings (SSSR count). The average Bonchev–Trinajstić information content (AvgIpc) is 1.56. The third-order valence-corrected chi connectivity index (χ3v) is 2.86. The molecule has 0 spiro atoms. The molecule has 10 heteroatoms. The molecule has 1 unspecified atom stereocenters. The summed E-state index contributed by atoms with van der Waals surface area (Å²) in [6, 6.07) is 0. The van der Waals surface area contributed by atoms with Crippen LogP contribution in [-0.2, 0) is 9.13 Å². The minimum Gasteiger partial charge on any atom is -0.380 e. The summed E-state index contributed by atoms with van der Waals surface area (Å²) in [7, 11) is -9.35. The molecule has 0 heterocycles. The summed E-state index contributed by atoms with van der Waals surface area (Å²) >= 11 is 0. The van der Waals surface area contributed by atoms with Gasteiger partial charge in [0.2, 0.25) is 0 Å². The van der Waals surface area contributed by atoms with Crippen LogP contribution in [-0.4, -0.2) is 54.0 Å². The lowest BCUT2D eigenvalue weighted by molar-refractivity contribution is 0.211. The highest BCUT2D eigenvalue weighted by Gasteiger charge is 2.32. The quantitative estimate of drug-likeness (QED) is 0.269. The number of hydrogen-bond donors (Lipinski definition) is 5. The van der Waals surface area contributed by atoms with Crippen LogP contribution in [0.25, 0.3) is 0 Å². The van der Waals surface area contributed by atoms with Crippen molar-refractivity contribution in [1.82, 2.24) is 0 Å². The smallest absolute Gasteiger partial charge is 0.354 e. The SMILES string of the molecule is O=P(O)(O)CC(O)P(=O)(O)O.[AlH3]. The third-order valence-electron chi connectivity index (χ3n) is 0.789. The summed E-state index contributed by atoms with van der Waals surface area (Å²) in [5, 5.41) is 8.47. The second-order valence-electron chi connectivity index (χ2n) is 1.92. The predicted octanol–water partition coefficient (Wildman–Crippen LogP) is -2.52. The molecule has 0 aliphatic carbocycles. The third kappa shape index (κ3) is 7.44. The van der Waals surface area contributed by atoms with Gasteiger partial charge in [0.25, 0.3) is 0 Å². The van der Waals surface area contributed by atoms with Gasteiger partial charge in [-0.2, -0.15) is 0 Å². The van der Waals surface area contributed by atoms with E-state index in [0.717, 1.165) is 0 Å². The van der Waals surface area contributed by atoms with Gasteiger partial charge in [-0.25, -0.2) is 0 Å². The lowest BCUT2D eigenvalue weighted by Crippen LogP contribution is -2.12.